The highest BCUT2D eigenvalue weighted by Crippen LogP contribution is 2.17. The van der Waals surface area contributed by atoms with Crippen LogP contribution < -0.4 is 0 Å². The van der Waals surface area contributed by atoms with Gasteiger partial charge >= 0.3 is 0 Å². The molecule has 0 aromatic rings. The highest BCUT2D eigenvalue weighted by molar-refractivity contribution is 5.83. The maximum absolute atomic E-state index is 10.8. The van der Waals surface area contributed by atoms with Crippen molar-refractivity contribution in [3.05, 3.63) is 0 Å². The Bertz CT molecular complexity index is 166. The number of carbonyl (C=O) groups is 2. The summed E-state index contributed by atoms with van der Waals surface area (Å²) in [6.45, 7) is 0.354. The minimum atomic E-state index is -0.936. The zero-order valence-electron chi connectivity index (χ0n) is 6.03. The Balaban J connectivity index is 2.39. The van der Waals surface area contributed by atoms with Gasteiger partial charge in [0, 0.05) is 12.8 Å². The number of carbonyl (C=O) groups excluding carboxylic acids is 2. The van der Waals surface area contributed by atoms with E-state index in [2.05, 4.69) is 4.74 Å². The first-order valence-electron chi connectivity index (χ1n) is 3.54. The zero-order valence-corrected chi connectivity index (χ0v) is 6.03. The van der Waals surface area contributed by atoms with Crippen molar-refractivity contribution in [3.8, 4) is 0 Å². The van der Waals surface area contributed by atoms with Crippen molar-refractivity contribution in [1.29, 1.82) is 0 Å². The molecular weight excluding hydrogens is 148 g/mol. The first-order chi connectivity index (χ1) is 5.24. The Morgan fingerprint density at radius 1 is 1.64 bits per heavy atom. The van der Waals surface area contributed by atoms with Crippen molar-refractivity contribution in [2.24, 2.45) is 0 Å². The van der Waals surface area contributed by atoms with Crippen LogP contribution in [0.3, 0.4) is 0 Å². The molecule has 1 rings (SSSR count). The topological polar surface area (TPSA) is 63.6 Å². The highest BCUT2D eigenvalue weighted by Gasteiger charge is 2.27. The third kappa shape index (κ3) is 2.01. The molecule has 1 saturated carbocycles. The maximum Gasteiger partial charge on any atom is 0.293 e. The lowest BCUT2D eigenvalue weighted by molar-refractivity contribution is -0.143. The summed E-state index contributed by atoms with van der Waals surface area (Å²) in [6.07, 6.45) is -0.125. The standard InChI is InChI=1S/C7H10O4/c8-4-11-5-1-2-6(9)7(10)3-5/h4-5,7,10H,1-3H2. The summed E-state index contributed by atoms with van der Waals surface area (Å²) in [5, 5.41) is 9.03. The van der Waals surface area contributed by atoms with Crippen LogP contribution in [0.5, 0.6) is 0 Å². The van der Waals surface area contributed by atoms with E-state index in [4.69, 9.17) is 5.11 Å². The molecule has 0 radical (unpaired) electrons. The summed E-state index contributed by atoms with van der Waals surface area (Å²) in [5.41, 5.74) is 0. The monoisotopic (exact) mass is 158 g/mol. The smallest absolute Gasteiger partial charge is 0.293 e. The van der Waals surface area contributed by atoms with Crippen molar-refractivity contribution < 1.29 is 19.4 Å². The molecule has 0 spiro atoms. The van der Waals surface area contributed by atoms with Crippen LogP contribution in [0.25, 0.3) is 0 Å². The number of rotatable bonds is 2. The van der Waals surface area contributed by atoms with Crippen LogP contribution in [-0.2, 0) is 14.3 Å². The van der Waals surface area contributed by atoms with Gasteiger partial charge in [0.25, 0.3) is 6.47 Å². The predicted octanol–water partition coefficient (Wildman–Crippen LogP) is -0.358. The Kier molecular flexibility index (Phi) is 2.59. The molecule has 0 amide bonds. The van der Waals surface area contributed by atoms with E-state index in [1.54, 1.807) is 0 Å². The summed E-state index contributed by atoms with van der Waals surface area (Å²) in [6, 6.07) is 0. The van der Waals surface area contributed by atoms with Gasteiger partial charge in [0.2, 0.25) is 0 Å². The molecule has 2 atom stereocenters. The molecule has 0 aliphatic heterocycles. The summed E-state index contributed by atoms with van der Waals surface area (Å²) < 4.78 is 4.61. The molecular formula is C7H10O4. The molecule has 1 aliphatic rings. The summed E-state index contributed by atoms with van der Waals surface area (Å²) in [4.78, 5) is 20.6. The molecule has 1 N–H and O–H groups in total. The SMILES string of the molecule is O=COC1CCC(=O)C(O)C1. The fourth-order valence-corrected chi connectivity index (χ4v) is 1.17. The second-order valence-electron chi connectivity index (χ2n) is 2.61. The molecule has 0 aromatic carbocycles. The van der Waals surface area contributed by atoms with Gasteiger partial charge < -0.3 is 9.84 Å². The molecule has 0 bridgehead atoms. The quantitative estimate of drug-likeness (QED) is 0.557. The zero-order chi connectivity index (χ0) is 8.27. The second kappa shape index (κ2) is 3.48. The lowest BCUT2D eigenvalue weighted by Crippen LogP contribution is -2.33. The lowest BCUT2D eigenvalue weighted by atomic mass is 9.94. The molecule has 2 unspecified atom stereocenters. The average Bonchev–Trinajstić information content (AvgIpc) is 1.98. The molecule has 4 nitrogen and oxygen atoms in total. The summed E-state index contributed by atoms with van der Waals surface area (Å²) in [7, 11) is 0. The fraction of sp³-hybridized carbons (Fsp3) is 0.714. The van der Waals surface area contributed by atoms with E-state index >= 15 is 0 Å². The van der Waals surface area contributed by atoms with Crippen LogP contribution in [0.1, 0.15) is 19.3 Å². The summed E-state index contributed by atoms with van der Waals surface area (Å²) >= 11 is 0. The van der Waals surface area contributed by atoms with Crippen molar-refractivity contribution in [2.75, 3.05) is 0 Å². The molecule has 0 heterocycles. The molecule has 62 valence electrons. The number of aliphatic hydroxyl groups excluding tert-OH is 1. The first kappa shape index (κ1) is 8.20. The van der Waals surface area contributed by atoms with Crippen molar-refractivity contribution in [3.63, 3.8) is 0 Å². The summed E-state index contributed by atoms with van der Waals surface area (Å²) in [5.74, 6) is -0.157. The lowest BCUT2D eigenvalue weighted by Gasteiger charge is -2.22. The third-order valence-electron chi connectivity index (χ3n) is 1.82. The fourth-order valence-electron chi connectivity index (χ4n) is 1.17. The normalized spacial score (nSPS) is 31.5. The van der Waals surface area contributed by atoms with Crippen LogP contribution in [0.2, 0.25) is 0 Å². The Morgan fingerprint density at radius 3 is 2.91 bits per heavy atom. The van der Waals surface area contributed by atoms with Gasteiger partial charge in [0.1, 0.15) is 12.2 Å². The van der Waals surface area contributed by atoms with Crippen LogP contribution in [0, 0.1) is 0 Å². The molecule has 1 fully saturated rings. The van der Waals surface area contributed by atoms with Gasteiger partial charge in [-0.25, -0.2) is 0 Å². The minimum Gasteiger partial charge on any atom is -0.464 e. The van der Waals surface area contributed by atoms with E-state index in [9.17, 15) is 9.59 Å². The van der Waals surface area contributed by atoms with E-state index in [1.807, 2.05) is 0 Å². The largest absolute Gasteiger partial charge is 0.464 e. The molecule has 0 aromatic heterocycles. The van der Waals surface area contributed by atoms with Crippen molar-refractivity contribution in [1.82, 2.24) is 0 Å². The minimum absolute atomic E-state index is 0.157. The number of aliphatic hydroxyl groups is 1. The molecule has 4 heteroatoms. The highest BCUT2D eigenvalue weighted by atomic mass is 16.5. The number of Topliss-reactive ketones (excluding diaryl/α,β-unsaturated/α-hetero) is 1. The third-order valence-corrected chi connectivity index (χ3v) is 1.82. The Hall–Kier alpha value is -0.900. The van der Waals surface area contributed by atoms with Gasteiger partial charge in [-0.15, -0.1) is 0 Å². The van der Waals surface area contributed by atoms with Gasteiger partial charge in [0.15, 0.2) is 5.78 Å². The van der Waals surface area contributed by atoms with Crippen LogP contribution in [-0.4, -0.2) is 29.6 Å². The number of hydrogen-bond acceptors (Lipinski definition) is 4. The van der Waals surface area contributed by atoms with E-state index < -0.39 is 6.10 Å². The molecule has 0 saturated heterocycles. The van der Waals surface area contributed by atoms with Crippen LogP contribution >= 0.6 is 0 Å². The number of ether oxygens (including phenoxy) is 1. The Labute approximate surface area is 64.2 Å². The van der Waals surface area contributed by atoms with E-state index in [0.29, 0.717) is 19.3 Å². The molecule has 11 heavy (non-hydrogen) atoms. The molecule has 1 aliphatic carbocycles. The van der Waals surface area contributed by atoms with E-state index in [0.717, 1.165) is 0 Å². The van der Waals surface area contributed by atoms with Crippen LogP contribution in [0.15, 0.2) is 0 Å². The number of ketones is 1. The second-order valence-corrected chi connectivity index (χ2v) is 2.61. The van der Waals surface area contributed by atoms with Crippen molar-refractivity contribution >= 4 is 12.3 Å². The first-order valence-corrected chi connectivity index (χ1v) is 3.54. The van der Waals surface area contributed by atoms with Gasteiger partial charge in [-0.05, 0) is 6.42 Å². The number of hydrogen-bond donors (Lipinski definition) is 1. The Morgan fingerprint density at radius 2 is 2.36 bits per heavy atom. The van der Waals surface area contributed by atoms with Crippen molar-refractivity contribution in [2.45, 2.75) is 31.5 Å². The van der Waals surface area contributed by atoms with Gasteiger partial charge in [-0.1, -0.05) is 0 Å². The van der Waals surface area contributed by atoms with E-state index in [-0.39, 0.29) is 18.3 Å². The van der Waals surface area contributed by atoms with Gasteiger partial charge in [-0.2, -0.15) is 0 Å². The maximum atomic E-state index is 10.8. The van der Waals surface area contributed by atoms with Gasteiger partial charge in [0.05, 0.1) is 0 Å². The average molecular weight is 158 g/mol. The predicted molar refractivity (Wildman–Crippen MR) is 35.8 cm³/mol. The van der Waals surface area contributed by atoms with Crippen LogP contribution in [0.4, 0.5) is 0 Å². The van der Waals surface area contributed by atoms with E-state index in [1.165, 1.54) is 0 Å². The van der Waals surface area contributed by atoms with Gasteiger partial charge in [-0.3, -0.25) is 9.59 Å².